The number of ether oxygens (including phenoxy) is 1. The molecule has 0 saturated heterocycles. The minimum atomic E-state index is 0.0434. The average molecular weight is 320 g/mol. The molecule has 1 spiro atoms. The number of aryl methyl sites for hydroxylation is 1. The van der Waals surface area contributed by atoms with Gasteiger partial charge in [-0.1, -0.05) is 6.42 Å². The maximum Gasteiger partial charge on any atom is 0.317 e. The molecule has 6 heteroatoms. The van der Waals surface area contributed by atoms with Crippen LogP contribution in [-0.4, -0.2) is 52.8 Å². The summed E-state index contributed by atoms with van der Waals surface area (Å²) in [6.07, 6.45) is 11.4. The molecule has 1 aromatic rings. The normalized spacial score (nSPS) is 24.8. The van der Waals surface area contributed by atoms with Crippen molar-refractivity contribution >= 4 is 6.03 Å². The van der Waals surface area contributed by atoms with Gasteiger partial charge in [-0.2, -0.15) is 0 Å². The van der Waals surface area contributed by atoms with Gasteiger partial charge in [-0.05, 0) is 32.6 Å². The van der Waals surface area contributed by atoms with Crippen LogP contribution in [0.4, 0.5) is 4.79 Å². The van der Waals surface area contributed by atoms with E-state index in [0.29, 0.717) is 6.10 Å². The predicted molar refractivity (Wildman–Crippen MR) is 88.1 cm³/mol. The number of hydrogen-bond donors (Lipinski definition) is 1. The molecule has 1 N–H and O–H groups in total. The van der Waals surface area contributed by atoms with Gasteiger partial charge in [0.1, 0.15) is 0 Å². The minimum Gasteiger partial charge on any atom is -0.378 e. The molecule has 0 unspecified atom stereocenters. The Balaban J connectivity index is 1.42. The second-order valence-corrected chi connectivity index (χ2v) is 6.84. The highest BCUT2D eigenvalue weighted by atomic mass is 16.5. The summed E-state index contributed by atoms with van der Waals surface area (Å²) >= 11 is 0. The van der Waals surface area contributed by atoms with E-state index in [1.165, 1.54) is 19.3 Å². The lowest BCUT2D eigenvalue weighted by Gasteiger charge is -2.61. The highest BCUT2D eigenvalue weighted by molar-refractivity contribution is 5.74. The van der Waals surface area contributed by atoms with Crippen LogP contribution in [0.3, 0.4) is 0 Å². The van der Waals surface area contributed by atoms with E-state index < -0.39 is 0 Å². The van der Waals surface area contributed by atoms with Gasteiger partial charge in [0, 0.05) is 50.6 Å². The Bertz CT molecular complexity index is 513. The summed E-state index contributed by atoms with van der Waals surface area (Å²) in [6.45, 7) is 4.45. The van der Waals surface area contributed by atoms with Crippen molar-refractivity contribution in [3.05, 3.63) is 18.7 Å². The molecule has 0 bridgehead atoms. The second-order valence-electron chi connectivity index (χ2n) is 6.84. The van der Waals surface area contributed by atoms with Crippen LogP contribution in [-0.2, 0) is 11.3 Å². The van der Waals surface area contributed by atoms with Gasteiger partial charge in [0.15, 0.2) is 0 Å². The molecule has 2 fully saturated rings. The summed E-state index contributed by atoms with van der Waals surface area (Å²) in [7, 11) is 1.87. The van der Waals surface area contributed by atoms with Crippen molar-refractivity contribution in [3.8, 4) is 0 Å². The number of carbonyl (C=O) groups excluding carboxylic acids is 1. The molecule has 1 heterocycles. The lowest BCUT2D eigenvalue weighted by molar-refractivity contribution is -0.169. The lowest BCUT2D eigenvalue weighted by Crippen LogP contribution is -2.68. The van der Waals surface area contributed by atoms with Crippen LogP contribution in [0.5, 0.6) is 0 Å². The molecule has 2 aliphatic carbocycles. The van der Waals surface area contributed by atoms with E-state index in [9.17, 15) is 4.79 Å². The van der Waals surface area contributed by atoms with E-state index in [1.807, 2.05) is 31.1 Å². The van der Waals surface area contributed by atoms with Crippen molar-refractivity contribution in [2.24, 2.45) is 5.41 Å². The Hall–Kier alpha value is -1.56. The van der Waals surface area contributed by atoms with Crippen LogP contribution in [0.2, 0.25) is 0 Å². The predicted octanol–water partition coefficient (Wildman–Crippen LogP) is 2.26. The Morgan fingerprint density at radius 2 is 2.35 bits per heavy atom. The van der Waals surface area contributed by atoms with Crippen molar-refractivity contribution in [3.63, 3.8) is 0 Å². The quantitative estimate of drug-likeness (QED) is 0.838. The first-order chi connectivity index (χ1) is 11.2. The molecule has 3 rings (SSSR count). The zero-order valence-electron chi connectivity index (χ0n) is 14.2. The molecule has 0 aliphatic heterocycles. The molecular weight excluding hydrogens is 292 g/mol. The average Bonchev–Trinajstić information content (AvgIpc) is 2.97. The molecule has 2 atom stereocenters. The van der Waals surface area contributed by atoms with Crippen LogP contribution in [0.15, 0.2) is 18.7 Å². The van der Waals surface area contributed by atoms with Gasteiger partial charge in [0.05, 0.1) is 12.4 Å². The first-order valence-corrected chi connectivity index (χ1v) is 8.74. The first kappa shape index (κ1) is 16.3. The highest BCUT2D eigenvalue weighted by Crippen LogP contribution is 2.57. The van der Waals surface area contributed by atoms with Gasteiger partial charge >= 0.3 is 6.03 Å². The van der Waals surface area contributed by atoms with Crippen LogP contribution in [0.25, 0.3) is 0 Å². The maximum atomic E-state index is 12.4. The smallest absolute Gasteiger partial charge is 0.317 e. The third kappa shape index (κ3) is 3.22. The lowest BCUT2D eigenvalue weighted by atomic mass is 9.51. The van der Waals surface area contributed by atoms with E-state index in [-0.39, 0.29) is 17.5 Å². The Morgan fingerprint density at radius 1 is 1.52 bits per heavy atom. The third-order valence-electron chi connectivity index (χ3n) is 5.55. The molecule has 2 saturated carbocycles. The standard InChI is InChI=1S/C17H28N4O2/c1-3-23-15-12-14(17(15)6-4-7-17)19-16(22)20(2)9-5-10-21-11-8-18-13-21/h8,11,13-15H,3-7,9-10,12H2,1-2H3,(H,19,22)/t14-,15+/m0/s1. The van der Waals surface area contributed by atoms with E-state index in [2.05, 4.69) is 10.3 Å². The largest absolute Gasteiger partial charge is 0.378 e. The molecule has 0 aromatic carbocycles. The molecule has 128 valence electrons. The maximum absolute atomic E-state index is 12.4. The van der Waals surface area contributed by atoms with Crippen LogP contribution < -0.4 is 5.32 Å². The van der Waals surface area contributed by atoms with E-state index in [0.717, 1.165) is 32.5 Å². The van der Waals surface area contributed by atoms with E-state index in [1.54, 1.807) is 11.1 Å². The fraction of sp³-hybridized carbons (Fsp3) is 0.765. The fourth-order valence-corrected chi connectivity index (χ4v) is 3.91. The molecule has 1 aromatic heterocycles. The van der Waals surface area contributed by atoms with E-state index >= 15 is 0 Å². The van der Waals surface area contributed by atoms with Crippen molar-refractivity contribution in [2.45, 2.75) is 57.7 Å². The fourth-order valence-electron chi connectivity index (χ4n) is 3.91. The number of nitrogens with one attached hydrogen (secondary N) is 1. The Morgan fingerprint density at radius 3 is 2.96 bits per heavy atom. The number of carbonyl (C=O) groups is 1. The molecule has 23 heavy (non-hydrogen) atoms. The SMILES string of the molecule is CCO[C@@H]1C[C@H](NC(=O)N(C)CCCn2ccnc2)C12CCC2. The van der Waals surface area contributed by atoms with Gasteiger partial charge in [-0.25, -0.2) is 9.78 Å². The third-order valence-corrected chi connectivity index (χ3v) is 5.55. The first-order valence-electron chi connectivity index (χ1n) is 8.74. The molecule has 6 nitrogen and oxygen atoms in total. The summed E-state index contributed by atoms with van der Waals surface area (Å²) in [5.74, 6) is 0. The number of nitrogens with zero attached hydrogens (tertiary/aromatic N) is 3. The van der Waals surface area contributed by atoms with Crippen molar-refractivity contribution in [1.29, 1.82) is 0 Å². The minimum absolute atomic E-state index is 0.0434. The summed E-state index contributed by atoms with van der Waals surface area (Å²) < 4.78 is 7.88. The van der Waals surface area contributed by atoms with Crippen LogP contribution in [0, 0.1) is 5.41 Å². The molecule has 0 radical (unpaired) electrons. The van der Waals surface area contributed by atoms with Gasteiger partial charge in [-0.3, -0.25) is 0 Å². The second kappa shape index (κ2) is 6.91. The number of hydrogen-bond acceptors (Lipinski definition) is 3. The van der Waals surface area contributed by atoms with Crippen LogP contribution >= 0.6 is 0 Å². The molecule has 2 aliphatic rings. The zero-order chi connectivity index (χ0) is 16.3. The molecule has 2 amide bonds. The van der Waals surface area contributed by atoms with Crippen LogP contribution in [0.1, 0.15) is 39.0 Å². The highest BCUT2D eigenvalue weighted by Gasteiger charge is 2.59. The monoisotopic (exact) mass is 320 g/mol. The Labute approximate surface area is 138 Å². The summed E-state index contributed by atoms with van der Waals surface area (Å²) in [5.41, 5.74) is 0.226. The van der Waals surface area contributed by atoms with Gasteiger partial charge in [-0.15, -0.1) is 0 Å². The zero-order valence-corrected chi connectivity index (χ0v) is 14.2. The Kier molecular flexibility index (Phi) is 4.90. The van der Waals surface area contributed by atoms with Gasteiger partial charge < -0.3 is 19.5 Å². The number of amides is 2. The number of rotatable bonds is 7. The summed E-state index contributed by atoms with van der Waals surface area (Å²) in [4.78, 5) is 18.2. The van der Waals surface area contributed by atoms with Crippen molar-refractivity contribution in [2.75, 3.05) is 20.2 Å². The van der Waals surface area contributed by atoms with Crippen molar-refractivity contribution in [1.82, 2.24) is 19.8 Å². The number of imidazole rings is 1. The summed E-state index contributed by atoms with van der Waals surface area (Å²) in [5, 5.41) is 3.23. The number of aromatic nitrogens is 2. The number of urea groups is 1. The topological polar surface area (TPSA) is 59.4 Å². The van der Waals surface area contributed by atoms with E-state index in [4.69, 9.17) is 4.74 Å². The summed E-state index contributed by atoms with van der Waals surface area (Å²) in [6, 6.07) is 0.332. The van der Waals surface area contributed by atoms with Crippen molar-refractivity contribution < 1.29 is 9.53 Å². The molecular formula is C17H28N4O2. The van der Waals surface area contributed by atoms with Gasteiger partial charge in [0.2, 0.25) is 0 Å². The van der Waals surface area contributed by atoms with Gasteiger partial charge in [0.25, 0.3) is 0 Å².